The fourth-order valence-electron chi connectivity index (χ4n) is 2.40. The SMILES string of the molecule is CN(C)c1c(F)cccc1N(C=O)C1CCC(=O)NC1=O. The number of nitrogens with one attached hydrogen (secondary N) is 1. The van der Waals surface area contributed by atoms with Gasteiger partial charge in [0.1, 0.15) is 11.9 Å². The van der Waals surface area contributed by atoms with Crippen LogP contribution in [-0.2, 0) is 14.4 Å². The summed E-state index contributed by atoms with van der Waals surface area (Å²) in [6.45, 7) is 0. The molecule has 3 amide bonds. The van der Waals surface area contributed by atoms with Crippen LogP contribution in [0, 0.1) is 5.82 Å². The van der Waals surface area contributed by atoms with Gasteiger partial charge < -0.3 is 9.80 Å². The summed E-state index contributed by atoms with van der Waals surface area (Å²) in [5, 5.41) is 2.19. The molecular formula is C14H16FN3O3. The summed E-state index contributed by atoms with van der Waals surface area (Å²) in [6, 6.07) is 3.50. The Labute approximate surface area is 121 Å². The second kappa shape index (κ2) is 5.90. The zero-order chi connectivity index (χ0) is 15.6. The monoisotopic (exact) mass is 293 g/mol. The van der Waals surface area contributed by atoms with Crippen LogP contribution in [0.3, 0.4) is 0 Å². The number of carbonyl (C=O) groups excluding carboxylic acids is 3. The van der Waals surface area contributed by atoms with Crippen LogP contribution in [0.2, 0.25) is 0 Å². The van der Waals surface area contributed by atoms with Gasteiger partial charge in [-0.25, -0.2) is 4.39 Å². The minimum absolute atomic E-state index is 0.146. The third kappa shape index (κ3) is 2.86. The van der Waals surface area contributed by atoms with E-state index in [1.807, 2.05) is 0 Å². The van der Waals surface area contributed by atoms with Gasteiger partial charge in [0.15, 0.2) is 0 Å². The molecule has 6 nitrogen and oxygen atoms in total. The molecule has 7 heteroatoms. The quantitative estimate of drug-likeness (QED) is 0.654. The fourth-order valence-corrected chi connectivity index (χ4v) is 2.40. The number of para-hydroxylation sites is 1. The largest absolute Gasteiger partial charge is 0.374 e. The molecule has 1 aromatic carbocycles. The molecule has 1 atom stereocenters. The van der Waals surface area contributed by atoms with E-state index in [0.717, 1.165) is 0 Å². The summed E-state index contributed by atoms with van der Waals surface area (Å²) in [5.74, 6) is -1.40. The van der Waals surface area contributed by atoms with Crippen molar-refractivity contribution in [2.24, 2.45) is 0 Å². The maximum Gasteiger partial charge on any atom is 0.249 e. The summed E-state index contributed by atoms with van der Waals surface area (Å²) in [7, 11) is 3.30. The molecule has 0 saturated carbocycles. The number of nitrogens with zero attached hydrogens (tertiary/aromatic N) is 2. The lowest BCUT2D eigenvalue weighted by Gasteiger charge is -2.32. The highest BCUT2D eigenvalue weighted by Crippen LogP contribution is 2.32. The van der Waals surface area contributed by atoms with Crippen molar-refractivity contribution in [1.82, 2.24) is 5.32 Å². The van der Waals surface area contributed by atoms with Crippen LogP contribution in [-0.4, -0.2) is 38.4 Å². The second-order valence-corrected chi connectivity index (χ2v) is 4.98. The van der Waals surface area contributed by atoms with E-state index in [0.29, 0.717) is 12.1 Å². The highest BCUT2D eigenvalue weighted by molar-refractivity contribution is 6.04. The molecule has 0 spiro atoms. The van der Waals surface area contributed by atoms with Crippen LogP contribution in [0.4, 0.5) is 15.8 Å². The first-order valence-corrected chi connectivity index (χ1v) is 6.49. The van der Waals surface area contributed by atoms with E-state index >= 15 is 0 Å². The molecule has 1 aliphatic rings. The lowest BCUT2D eigenvalue weighted by Crippen LogP contribution is -2.52. The third-order valence-corrected chi connectivity index (χ3v) is 3.35. The number of hydrogen-bond donors (Lipinski definition) is 1. The molecule has 112 valence electrons. The van der Waals surface area contributed by atoms with Gasteiger partial charge in [-0.1, -0.05) is 6.07 Å². The molecule has 21 heavy (non-hydrogen) atoms. The molecule has 2 rings (SSSR count). The van der Waals surface area contributed by atoms with Gasteiger partial charge in [-0.2, -0.15) is 0 Å². The topological polar surface area (TPSA) is 69.7 Å². The molecule has 1 N–H and O–H groups in total. The number of amides is 3. The van der Waals surface area contributed by atoms with E-state index in [-0.39, 0.29) is 24.4 Å². The van der Waals surface area contributed by atoms with Crippen molar-refractivity contribution < 1.29 is 18.8 Å². The Bertz CT molecular complexity index is 589. The summed E-state index contributed by atoms with van der Waals surface area (Å²) >= 11 is 0. The number of carbonyl (C=O) groups is 3. The molecule has 1 aliphatic heterocycles. The van der Waals surface area contributed by atoms with Crippen LogP contribution < -0.4 is 15.1 Å². The average Bonchev–Trinajstić information content (AvgIpc) is 2.41. The van der Waals surface area contributed by atoms with E-state index in [1.54, 1.807) is 20.2 Å². The van der Waals surface area contributed by atoms with Gasteiger partial charge in [0.05, 0.1) is 11.4 Å². The van der Waals surface area contributed by atoms with E-state index in [2.05, 4.69) is 5.32 Å². The van der Waals surface area contributed by atoms with Gasteiger partial charge in [-0.15, -0.1) is 0 Å². The van der Waals surface area contributed by atoms with Gasteiger partial charge >= 0.3 is 0 Å². The van der Waals surface area contributed by atoms with E-state index in [9.17, 15) is 18.8 Å². The summed E-state index contributed by atoms with van der Waals surface area (Å²) in [6.07, 6.45) is 0.849. The third-order valence-electron chi connectivity index (χ3n) is 3.35. The van der Waals surface area contributed by atoms with Gasteiger partial charge in [0.2, 0.25) is 18.2 Å². The molecule has 1 aromatic rings. The van der Waals surface area contributed by atoms with Crippen molar-refractivity contribution in [3.8, 4) is 0 Å². The summed E-state index contributed by atoms with van der Waals surface area (Å²) < 4.78 is 14.0. The Hall–Kier alpha value is -2.44. The fraction of sp³-hybridized carbons (Fsp3) is 0.357. The molecular weight excluding hydrogens is 277 g/mol. The van der Waals surface area contributed by atoms with E-state index in [4.69, 9.17) is 0 Å². The molecule has 1 heterocycles. The van der Waals surface area contributed by atoms with Crippen molar-refractivity contribution in [2.75, 3.05) is 23.9 Å². The minimum atomic E-state index is -0.819. The van der Waals surface area contributed by atoms with Gasteiger partial charge in [-0.05, 0) is 18.6 Å². The highest BCUT2D eigenvalue weighted by atomic mass is 19.1. The number of piperidine rings is 1. The van der Waals surface area contributed by atoms with Crippen molar-refractivity contribution in [3.63, 3.8) is 0 Å². The number of anilines is 2. The number of rotatable bonds is 4. The molecule has 1 unspecified atom stereocenters. The van der Waals surface area contributed by atoms with Crippen molar-refractivity contribution in [1.29, 1.82) is 0 Å². The predicted molar refractivity (Wildman–Crippen MR) is 75.4 cm³/mol. The molecule has 0 aliphatic carbocycles. The highest BCUT2D eigenvalue weighted by Gasteiger charge is 2.33. The van der Waals surface area contributed by atoms with Crippen LogP contribution in [0.25, 0.3) is 0 Å². The average molecular weight is 293 g/mol. The lowest BCUT2D eigenvalue weighted by molar-refractivity contribution is -0.134. The zero-order valence-electron chi connectivity index (χ0n) is 11.8. The van der Waals surface area contributed by atoms with Crippen LogP contribution in [0.15, 0.2) is 18.2 Å². The maximum absolute atomic E-state index is 14.0. The van der Waals surface area contributed by atoms with Gasteiger partial charge in [-0.3, -0.25) is 19.7 Å². The molecule has 1 saturated heterocycles. The number of halogens is 1. The number of benzene rings is 1. The van der Waals surface area contributed by atoms with Crippen LogP contribution >= 0.6 is 0 Å². The zero-order valence-corrected chi connectivity index (χ0v) is 11.8. The lowest BCUT2D eigenvalue weighted by atomic mass is 10.0. The van der Waals surface area contributed by atoms with Crippen molar-refractivity contribution in [2.45, 2.75) is 18.9 Å². The van der Waals surface area contributed by atoms with E-state index in [1.165, 1.54) is 21.9 Å². The maximum atomic E-state index is 14.0. The Morgan fingerprint density at radius 3 is 2.62 bits per heavy atom. The number of hydrogen-bond acceptors (Lipinski definition) is 4. The smallest absolute Gasteiger partial charge is 0.249 e. The van der Waals surface area contributed by atoms with Crippen molar-refractivity contribution in [3.05, 3.63) is 24.0 Å². The molecule has 0 radical (unpaired) electrons. The van der Waals surface area contributed by atoms with Gasteiger partial charge in [0, 0.05) is 20.5 Å². The van der Waals surface area contributed by atoms with Crippen LogP contribution in [0.5, 0.6) is 0 Å². The minimum Gasteiger partial charge on any atom is -0.374 e. The predicted octanol–water partition coefficient (Wildman–Crippen LogP) is 0.660. The summed E-state index contributed by atoms with van der Waals surface area (Å²) in [5.41, 5.74) is 0.513. The number of imide groups is 1. The first-order chi connectivity index (χ1) is 9.95. The Balaban J connectivity index is 2.43. The standard InChI is InChI=1S/C14H16FN3O3/c1-17(2)13-9(15)4-3-5-10(13)18(8-19)11-6-7-12(20)16-14(11)21/h3-5,8,11H,6-7H2,1-2H3,(H,16,20,21). The Kier molecular flexibility index (Phi) is 4.21. The molecule has 1 fully saturated rings. The normalized spacial score (nSPS) is 18.1. The second-order valence-electron chi connectivity index (χ2n) is 4.98. The Morgan fingerprint density at radius 1 is 1.33 bits per heavy atom. The van der Waals surface area contributed by atoms with Crippen LogP contribution in [0.1, 0.15) is 12.8 Å². The van der Waals surface area contributed by atoms with Crippen molar-refractivity contribution >= 4 is 29.6 Å². The Morgan fingerprint density at radius 2 is 2.05 bits per heavy atom. The molecule has 0 aromatic heterocycles. The molecule has 0 bridgehead atoms. The van der Waals surface area contributed by atoms with E-state index < -0.39 is 17.8 Å². The first kappa shape index (κ1) is 15.0. The first-order valence-electron chi connectivity index (χ1n) is 6.49. The van der Waals surface area contributed by atoms with Gasteiger partial charge in [0.25, 0.3) is 0 Å². The summed E-state index contributed by atoms with van der Waals surface area (Å²) in [4.78, 5) is 37.2.